The minimum Gasteiger partial charge on any atom is -0.489 e. The lowest BCUT2D eigenvalue weighted by Crippen LogP contribution is -2.68. The molecule has 47 heavy (non-hydrogen) atoms. The molecule has 1 fully saturated rings. The van der Waals surface area contributed by atoms with Crippen molar-refractivity contribution in [3.8, 4) is 16.9 Å². The molecule has 17 nitrogen and oxygen atoms in total. The average molecular weight is 699 g/mol. The first-order valence-corrected chi connectivity index (χ1v) is 16.2. The number of aryl methyl sites for hydroxylation is 2. The SMILES string of the molecule is C[n+]1cc(-c2ccc(OC[C@H](O/N=C(\C(=O)C[C@@H]3C(=O)N(OS(=O)(=O)O)C3(C)C)c3csc(N)n3)C(=O)O)cc2F)cn1CCCN. The number of hydrogen-bond acceptors (Lipinski definition) is 13. The molecule has 0 bridgehead atoms. The van der Waals surface area contributed by atoms with E-state index in [1.165, 1.54) is 31.4 Å². The Bertz CT molecular complexity index is 1810. The van der Waals surface area contributed by atoms with Gasteiger partial charge in [0.05, 0.1) is 29.8 Å². The van der Waals surface area contributed by atoms with Crippen molar-refractivity contribution >= 4 is 50.2 Å². The lowest BCUT2D eigenvalue weighted by molar-refractivity contribution is -0.753. The quantitative estimate of drug-likeness (QED) is 0.0530. The summed E-state index contributed by atoms with van der Waals surface area (Å²) >= 11 is 0.954. The number of aromatic nitrogens is 3. The molecule has 4 rings (SSSR count). The first kappa shape index (κ1) is 35.4. The molecular weight excluding hydrogens is 665 g/mol. The predicted octanol–water partition coefficient (Wildman–Crippen LogP) is 0.690. The topological polar surface area (TPSA) is 243 Å². The van der Waals surface area contributed by atoms with Gasteiger partial charge < -0.3 is 26.1 Å². The number of hydroxylamine groups is 2. The number of β-lactam (4-membered cyclic amide) rings is 1. The number of hydrogen-bond donors (Lipinski definition) is 4. The van der Waals surface area contributed by atoms with Crippen molar-refractivity contribution in [1.82, 2.24) is 14.7 Å². The van der Waals surface area contributed by atoms with E-state index in [9.17, 15) is 27.9 Å². The Morgan fingerprint density at radius 2 is 2.04 bits per heavy atom. The van der Waals surface area contributed by atoms with E-state index in [4.69, 9.17) is 25.6 Å². The van der Waals surface area contributed by atoms with Crippen LogP contribution in [-0.4, -0.2) is 81.0 Å². The first-order chi connectivity index (χ1) is 22.0. The van der Waals surface area contributed by atoms with Crippen LogP contribution in [0.25, 0.3) is 11.1 Å². The number of thiazole rings is 1. The summed E-state index contributed by atoms with van der Waals surface area (Å²) in [6, 6.07) is 4.03. The van der Waals surface area contributed by atoms with Crippen molar-refractivity contribution < 1.29 is 55.4 Å². The van der Waals surface area contributed by atoms with Gasteiger partial charge in [-0.3, -0.25) is 14.1 Å². The smallest absolute Gasteiger partial charge is 0.418 e. The number of Topliss-reactive ketones (excluding diaryl/α,β-unsaturated/α-hetero) is 1. The summed E-state index contributed by atoms with van der Waals surface area (Å²) in [6.07, 6.45) is 1.97. The molecule has 1 saturated heterocycles. The third kappa shape index (κ3) is 8.27. The molecule has 254 valence electrons. The van der Waals surface area contributed by atoms with Gasteiger partial charge in [-0.05, 0) is 38.9 Å². The molecule has 0 aliphatic carbocycles. The van der Waals surface area contributed by atoms with Crippen LogP contribution in [-0.2, 0) is 47.5 Å². The van der Waals surface area contributed by atoms with Gasteiger partial charge in [0, 0.05) is 23.4 Å². The third-order valence-electron chi connectivity index (χ3n) is 7.27. The molecule has 3 heterocycles. The van der Waals surface area contributed by atoms with Crippen LogP contribution in [0.5, 0.6) is 5.75 Å². The zero-order valence-corrected chi connectivity index (χ0v) is 27.0. The van der Waals surface area contributed by atoms with Gasteiger partial charge in [-0.2, -0.15) is 18.2 Å². The first-order valence-electron chi connectivity index (χ1n) is 13.9. The zero-order valence-electron chi connectivity index (χ0n) is 25.4. The molecule has 2 aromatic heterocycles. The van der Waals surface area contributed by atoms with Crippen molar-refractivity contribution in [2.24, 2.45) is 23.9 Å². The molecular formula is C27H33FN7O10S2+. The number of carboxylic acid groups (broad SMARTS) is 1. The molecule has 0 saturated carbocycles. The summed E-state index contributed by atoms with van der Waals surface area (Å²) in [6.45, 7) is 3.32. The number of anilines is 1. The van der Waals surface area contributed by atoms with Gasteiger partial charge in [0.15, 0.2) is 23.7 Å². The fourth-order valence-corrected chi connectivity index (χ4v) is 5.72. The molecule has 20 heteroatoms. The maximum absolute atomic E-state index is 15.1. The van der Waals surface area contributed by atoms with Crippen molar-refractivity contribution in [3.63, 3.8) is 0 Å². The number of carbonyl (C=O) groups is 3. The number of ether oxygens (including phenoxy) is 1. The minimum atomic E-state index is -5.01. The molecule has 6 N–H and O–H groups in total. The average Bonchev–Trinajstić information content (AvgIpc) is 3.58. The Labute approximate surface area is 272 Å². The van der Waals surface area contributed by atoms with Crippen molar-refractivity contribution in [2.75, 3.05) is 18.9 Å². The lowest BCUT2D eigenvalue weighted by Gasteiger charge is -2.50. The van der Waals surface area contributed by atoms with E-state index in [2.05, 4.69) is 14.4 Å². The summed E-state index contributed by atoms with van der Waals surface area (Å²) in [5, 5.41) is 15.3. The predicted molar refractivity (Wildman–Crippen MR) is 162 cm³/mol. The highest BCUT2D eigenvalue weighted by molar-refractivity contribution is 7.80. The summed E-state index contributed by atoms with van der Waals surface area (Å²) in [5.41, 5.74) is 10.3. The largest absolute Gasteiger partial charge is 0.489 e. The Balaban J connectivity index is 1.47. The molecule has 1 amide bonds. The van der Waals surface area contributed by atoms with Gasteiger partial charge in [0.25, 0.3) is 12.0 Å². The van der Waals surface area contributed by atoms with Crippen LogP contribution >= 0.6 is 11.3 Å². The van der Waals surface area contributed by atoms with E-state index in [0.29, 0.717) is 29.3 Å². The van der Waals surface area contributed by atoms with E-state index in [0.717, 1.165) is 23.8 Å². The van der Waals surface area contributed by atoms with Crippen molar-refractivity contribution in [2.45, 2.75) is 44.9 Å². The second-order valence-corrected chi connectivity index (χ2v) is 12.9. The Hall–Kier alpha value is -4.50. The highest BCUT2D eigenvalue weighted by Gasteiger charge is 2.57. The molecule has 1 aliphatic heterocycles. The molecule has 0 unspecified atom stereocenters. The van der Waals surface area contributed by atoms with Gasteiger partial charge >= 0.3 is 16.4 Å². The van der Waals surface area contributed by atoms with Gasteiger partial charge in [0.1, 0.15) is 23.9 Å². The number of oxime groups is 1. The summed E-state index contributed by atoms with van der Waals surface area (Å²) in [5.74, 6) is -4.97. The van der Waals surface area contributed by atoms with Gasteiger partial charge in [-0.1, -0.05) is 5.16 Å². The highest BCUT2D eigenvalue weighted by Crippen LogP contribution is 2.40. The van der Waals surface area contributed by atoms with Gasteiger partial charge in [0.2, 0.25) is 6.20 Å². The monoisotopic (exact) mass is 698 g/mol. The number of nitrogens with zero attached hydrogens (tertiary/aromatic N) is 5. The van der Waals surface area contributed by atoms with Crippen LogP contribution in [0, 0.1) is 11.7 Å². The number of carbonyl (C=O) groups excluding carboxylic acids is 2. The second kappa shape index (κ2) is 14.1. The molecule has 2 atom stereocenters. The number of carboxylic acids is 1. The molecule has 3 aromatic rings. The number of amides is 1. The minimum absolute atomic E-state index is 0.00277. The standard InChI is InChI=1S/C27H32FN7O10S2/c1-27(2)18(24(37)35(27)45-47(40,41)42)10-21(36)23(20-14-46-26(30)31-20)32-44-22(25(38)39)13-43-16-5-6-17(19(28)9-16)15-11-33(3)34(12-15)8-4-7-29/h5-6,9,11-12,14,18,22H,4,7-8,10,13,29H2,1-3H3,(H3-,30,31,38,39,40,41,42)/p+1/b32-23-/t18-,22+/m1/s1. The lowest BCUT2D eigenvalue weighted by atomic mass is 9.74. The van der Waals surface area contributed by atoms with Gasteiger partial charge in [-0.25, -0.2) is 14.2 Å². The van der Waals surface area contributed by atoms with E-state index in [-0.39, 0.29) is 16.6 Å². The number of nitrogen functional groups attached to an aromatic ring is 1. The van der Waals surface area contributed by atoms with Gasteiger partial charge in [-0.15, -0.1) is 20.3 Å². The molecule has 0 radical (unpaired) electrons. The van der Waals surface area contributed by atoms with E-state index in [1.807, 2.05) is 11.7 Å². The fourth-order valence-electron chi connectivity index (χ4n) is 4.72. The number of benzene rings is 1. The number of aliphatic carboxylic acids is 1. The number of halogens is 1. The number of rotatable bonds is 16. The van der Waals surface area contributed by atoms with Crippen LogP contribution < -0.4 is 20.9 Å². The summed E-state index contributed by atoms with van der Waals surface area (Å²) in [7, 11) is -3.19. The fraction of sp³-hybridized carbons (Fsp3) is 0.407. The molecule has 1 aliphatic rings. The maximum Gasteiger partial charge on any atom is 0.418 e. The van der Waals surface area contributed by atoms with Crippen molar-refractivity contribution in [3.05, 3.63) is 47.5 Å². The Morgan fingerprint density at radius 3 is 2.62 bits per heavy atom. The zero-order chi connectivity index (χ0) is 34.7. The van der Waals surface area contributed by atoms with Crippen LogP contribution in [0.2, 0.25) is 0 Å². The Kier molecular flexibility index (Phi) is 10.6. The van der Waals surface area contributed by atoms with E-state index in [1.54, 1.807) is 17.1 Å². The molecule has 1 aromatic carbocycles. The Morgan fingerprint density at radius 1 is 1.32 bits per heavy atom. The third-order valence-corrected chi connectivity index (χ3v) is 8.28. The van der Waals surface area contributed by atoms with Crippen LogP contribution in [0.4, 0.5) is 9.52 Å². The van der Waals surface area contributed by atoms with E-state index < -0.39 is 70.2 Å². The van der Waals surface area contributed by atoms with Crippen LogP contribution in [0.3, 0.4) is 0 Å². The normalized spacial score (nSPS) is 16.9. The van der Waals surface area contributed by atoms with Crippen LogP contribution in [0.1, 0.15) is 32.4 Å². The second-order valence-electron chi connectivity index (χ2n) is 11.0. The summed E-state index contributed by atoms with van der Waals surface area (Å²) in [4.78, 5) is 47.0. The molecule has 0 spiro atoms. The number of nitrogens with two attached hydrogens (primary N) is 2. The summed E-state index contributed by atoms with van der Waals surface area (Å²) < 4.78 is 59.7. The van der Waals surface area contributed by atoms with Crippen LogP contribution in [0.15, 0.2) is 41.1 Å². The van der Waals surface area contributed by atoms with E-state index >= 15 is 4.39 Å². The maximum atomic E-state index is 15.1. The highest BCUT2D eigenvalue weighted by atomic mass is 32.3. The number of ketones is 1. The van der Waals surface area contributed by atoms with Crippen molar-refractivity contribution in [1.29, 1.82) is 0 Å².